The molecular weight excluding hydrogens is 236 g/mol. The van der Waals surface area contributed by atoms with Gasteiger partial charge in [0.05, 0.1) is 0 Å². The second-order valence-corrected chi connectivity index (χ2v) is 13.4. The van der Waals surface area contributed by atoms with Gasteiger partial charge in [0.2, 0.25) is 10.5 Å². The Balaban J connectivity index is 3.90. The fraction of sp³-hybridized carbons (Fsp3) is 0.800. The summed E-state index contributed by atoms with van der Waals surface area (Å²) in [6, 6.07) is 1.20. The zero-order chi connectivity index (χ0) is 11.9. The molecule has 0 fully saturated rings. The summed E-state index contributed by atoms with van der Waals surface area (Å²) >= 11 is 0. The molecule has 87 valence electrons. The first-order valence-electron chi connectivity index (χ1n) is 5.49. The average Bonchev–Trinajstić information content (AvgIpc) is 2.11. The van der Waals surface area contributed by atoms with E-state index in [1.54, 1.807) is 0 Å². The molecule has 0 aromatic rings. The molecule has 0 atom stereocenters. The molecule has 0 aliphatic carbocycles. The van der Waals surface area contributed by atoms with Gasteiger partial charge in [-0.05, 0) is 38.7 Å². The van der Waals surface area contributed by atoms with Crippen molar-refractivity contribution in [3.05, 3.63) is 12.7 Å². The Bertz CT molecular complexity index is 193. The monoisotopic (exact) mass is 259 g/mol. The zero-order valence-corrected chi connectivity index (χ0v) is 13.4. The van der Waals surface area contributed by atoms with Crippen LogP contribution in [0.2, 0.25) is 32.2 Å². The molecule has 2 nitrogen and oxygen atoms in total. The van der Waals surface area contributed by atoms with Crippen molar-refractivity contribution in [2.24, 2.45) is 0 Å². The third-order valence-electron chi connectivity index (χ3n) is 2.20. The molecule has 0 unspecified atom stereocenters. The lowest BCUT2D eigenvalue weighted by molar-refractivity contribution is 0.412. The molecule has 0 aliphatic rings. The van der Waals surface area contributed by atoms with Crippen molar-refractivity contribution in [3.63, 3.8) is 0 Å². The van der Waals surface area contributed by atoms with E-state index in [4.69, 9.17) is 8.23 Å². The first-order chi connectivity index (χ1) is 6.83. The lowest BCUT2D eigenvalue weighted by Crippen LogP contribution is -2.46. The Morgan fingerprint density at radius 1 is 1.20 bits per heavy atom. The number of hydrogen-bond acceptors (Lipinski definition) is 2. The van der Waals surface area contributed by atoms with Crippen molar-refractivity contribution in [2.75, 3.05) is 0 Å². The van der Waals surface area contributed by atoms with Gasteiger partial charge >= 0.3 is 8.56 Å². The van der Waals surface area contributed by atoms with Gasteiger partial charge in [0.1, 0.15) is 0 Å². The van der Waals surface area contributed by atoms with Gasteiger partial charge in [-0.2, -0.15) is 0 Å². The fourth-order valence-electron chi connectivity index (χ4n) is 1.58. The van der Waals surface area contributed by atoms with E-state index in [2.05, 4.69) is 43.3 Å². The van der Waals surface area contributed by atoms with Crippen LogP contribution in [0, 0.1) is 0 Å². The highest BCUT2D eigenvalue weighted by Crippen LogP contribution is 2.21. The van der Waals surface area contributed by atoms with E-state index in [9.17, 15) is 0 Å². The molecule has 0 rings (SSSR count). The van der Waals surface area contributed by atoms with Crippen LogP contribution in [0.1, 0.15) is 19.3 Å². The lowest BCUT2D eigenvalue weighted by Gasteiger charge is -2.32. The highest BCUT2D eigenvalue weighted by Gasteiger charge is 2.32. The van der Waals surface area contributed by atoms with Crippen molar-refractivity contribution >= 4 is 27.4 Å². The van der Waals surface area contributed by atoms with E-state index in [1.165, 1.54) is 18.9 Å². The molecule has 0 N–H and O–H groups in total. The zero-order valence-electron chi connectivity index (χ0n) is 10.4. The number of hydrogen-bond donors (Lipinski definition) is 0. The van der Waals surface area contributed by atoms with Crippen LogP contribution in [0.5, 0.6) is 0 Å². The maximum atomic E-state index is 6.14. The molecule has 0 aliphatic heterocycles. The molecule has 0 aromatic carbocycles. The number of allylic oxidation sites excluding steroid dienone is 1. The van der Waals surface area contributed by atoms with E-state index < -0.39 is 16.9 Å². The molecular formula is C10H23O2Si3. The van der Waals surface area contributed by atoms with E-state index in [0.29, 0.717) is 0 Å². The first-order valence-corrected chi connectivity index (χ1v) is 11.8. The highest BCUT2D eigenvalue weighted by atomic mass is 28.5. The Morgan fingerprint density at radius 3 is 2.27 bits per heavy atom. The number of rotatable bonds is 8. The summed E-state index contributed by atoms with van der Waals surface area (Å²) in [6.45, 7) is 12.4. The molecule has 0 saturated carbocycles. The van der Waals surface area contributed by atoms with E-state index >= 15 is 0 Å². The van der Waals surface area contributed by atoms with Gasteiger partial charge in [0.25, 0.3) is 0 Å². The van der Waals surface area contributed by atoms with Gasteiger partial charge < -0.3 is 8.23 Å². The maximum Gasteiger partial charge on any atom is 0.310 e. The van der Waals surface area contributed by atoms with E-state index in [-0.39, 0.29) is 0 Å². The minimum atomic E-state index is -1.93. The average molecular weight is 260 g/mol. The molecule has 0 heterocycles. The van der Waals surface area contributed by atoms with Crippen molar-refractivity contribution in [2.45, 2.75) is 51.5 Å². The summed E-state index contributed by atoms with van der Waals surface area (Å²) in [5.74, 6) is 0. The summed E-state index contributed by atoms with van der Waals surface area (Å²) in [6.07, 6.45) is 5.55. The van der Waals surface area contributed by atoms with Crippen LogP contribution < -0.4 is 0 Å². The van der Waals surface area contributed by atoms with Crippen LogP contribution in [0.4, 0.5) is 0 Å². The predicted molar refractivity (Wildman–Crippen MR) is 71.7 cm³/mol. The van der Waals surface area contributed by atoms with Crippen LogP contribution in [0.3, 0.4) is 0 Å². The minimum absolute atomic E-state index is 1.11. The molecule has 5 heteroatoms. The maximum absolute atomic E-state index is 6.14. The largest absolute Gasteiger partial charge is 0.437 e. The molecule has 0 saturated heterocycles. The summed E-state index contributed by atoms with van der Waals surface area (Å²) in [5.41, 5.74) is 0. The Hall–Kier alpha value is 0.311. The third kappa shape index (κ3) is 8.15. The van der Waals surface area contributed by atoms with Gasteiger partial charge in [0, 0.05) is 0 Å². The molecule has 0 bridgehead atoms. The van der Waals surface area contributed by atoms with Crippen LogP contribution in [0.15, 0.2) is 12.7 Å². The Kier molecular flexibility index (Phi) is 6.94. The van der Waals surface area contributed by atoms with E-state index in [1.807, 2.05) is 6.08 Å². The van der Waals surface area contributed by atoms with Crippen LogP contribution >= 0.6 is 0 Å². The van der Waals surface area contributed by atoms with Gasteiger partial charge in [-0.1, -0.05) is 18.9 Å². The topological polar surface area (TPSA) is 18.5 Å². The molecule has 0 amide bonds. The van der Waals surface area contributed by atoms with Crippen molar-refractivity contribution in [3.8, 4) is 0 Å². The quantitative estimate of drug-likeness (QED) is 0.378. The number of unbranched alkanes of at least 4 members (excludes halogenated alkanes) is 2. The van der Waals surface area contributed by atoms with Crippen LogP contribution in [-0.4, -0.2) is 27.4 Å². The van der Waals surface area contributed by atoms with Gasteiger partial charge in [-0.3, -0.25) is 0 Å². The molecule has 15 heavy (non-hydrogen) atoms. The summed E-state index contributed by atoms with van der Waals surface area (Å²) < 4.78 is 11.4. The Morgan fingerprint density at radius 2 is 1.80 bits per heavy atom. The van der Waals surface area contributed by atoms with Gasteiger partial charge in [0.15, 0.2) is 8.32 Å². The smallest absolute Gasteiger partial charge is 0.310 e. The summed E-state index contributed by atoms with van der Waals surface area (Å²) in [5, 5.41) is 0. The Labute approximate surface area is 100.0 Å². The summed E-state index contributed by atoms with van der Waals surface area (Å²) in [4.78, 5) is 0. The highest BCUT2D eigenvalue weighted by molar-refractivity contribution is 6.83. The third-order valence-corrected chi connectivity index (χ3v) is 9.91. The molecule has 0 spiro atoms. The SMILES string of the molecule is C=CCCCC[Si](C)(C)O[Si](C)(C)O[Si]. The fourth-order valence-corrected chi connectivity index (χ4v) is 8.95. The van der Waals surface area contributed by atoms with Crippen molar-refractivity contribution in [1.29, 1.82) is 0 Å². The van der Waals surface area contributed by atoms with Crippen LogP contribution in [0.25, 0.3) is 0 Å². The van der Waals surface area contributed by atoms with Crippen LogP contribution in [-0.2, 0) is 8.23 Å². The predicted octanol–water partition coefficient (Wildman–Crippen LogP) is 3.37. The second-order valence-electron chi connectivity index (χ2n) is 4.90. The van der Waals surface area contributed by atoms with E-state index in [0.717, 1.165) is 6.42 Å². The second kappa shape index (κ2) is 6.80. The van der Waals surface area contributed by atoms with Gasteiger partial charge in [-0.15, -0.1) is 6.58 Å². The molecule has 0 aromatic heterocycles. The first kappa shape index (κ1) is 15.3. The van der Waals surface area contributed by atoms with Crippen molar-refractivity contribution < 1.29 is 8.23 Å². The summed E-state index contributed by atoms with van der Waals surface area (Å²) in [7, 11) is -0.354. The van der Waals surface area contributed by atoms with Gasteiger partial charge in [-0.25, -0.2) is 0 Å². The lowest BCUT2D eigenvalue weighted by atomic mass is 10.2. The molecule has 3 radical (unpaired) electrons. The van der Waals surface area contributed by atoms with Crippen molar-refractivity contribution in [1.82, 2.24) is 0 Å². The normalized spacial score (nSPS) is 12.9. The minimum Gasteiger partial charge on any atom is -0.437 e. The standard InChI is InChI=1S/C10H23O2Si3/c1-6-7-8-9-10-14(2,3)12-15(4,5)11-13/h6H,1,7-10H2,2-5H3.